The topological polar surface area (TPSA) is 215 Å². The lowest BCUT2D eigenvalue weighted by Crippen LogP contribution is -2.34. The van der Waals surface area contributed by atoms with Gasteiger partial charge in [0.05, 0.1) is 18.6 Å². The number of nitrogens with zero attached hydrogens (tertiary/aromatic N) is 3. The van der Waals surface area contributed by atoms with Crippen LogP contribution >= 0.6 is 34.8 Å². The molecule has 0 aliphatic rings. The zero-order valence-corrected chi connectivity index (χ0v) is 38.1. The standard InChI is InChI=1S/C19H18ClN5O2.C16H16ClN5O.C6H15N.C3H3ClO.CH3F/c1-2-16(26)25-14-5-3-4-12(8-14)9-23-19(27)24-10-13-6-7-21-18-17(13)15(20)11-22-18;17-13-9-20-15-14(13)11(4-5-19-15)8-22-16(23)21-7-10-2-1-3-12(18)6-10;1-4-7(5-2)6-3;1-2-3(4)5;1-2/h2-8,11H,1,9-10H2,(H,21,22)(H,25,26)(H2,23,24,27);1-6,9H,7-8,18H2,(H,19,20)(H2,21,22,23);4-6H2,1-3H3;2H,1H2;1H3/i;;;;1D. The van der Waals surface area contributed by atoms with Crippen molar-refractivity contribution in [2.75, 3.05) is 37.8 Å². The van der Waals surface area contributed by atoms with Gasteiger partial charge in [-0.05, 0) is 102 Å². The SMILES string of the molecule is C=CC(=O)Cl.C=CC(=O)Nc1cccc(CNC(=O)NCc2ccnc3[nH]cc(Cl)c23)c1.CCN(CC)CC.Nc1cccc(CNC(=O)NCc2ccnc3[nH]cc(Cl)c23)c1.[2H]CF. The number of H-pyrrole nitrogens is 2. The Morgan fingerprint density at radius 2 is 1.19 bits per heavy atom. The summed E-state index contributed by atoms with van der Waals surface area (Å²) in [4.78, 5) is 61.6. The van der Waals surface area contributed by atoms with Gasteiger partial charge in [-0.3, -0.25) is 14.0 Å². The predicted molar refractivity (Wildman–Crippen MR) is 258 cm³/mol. The maximum atomic E-state index is 12.1. The van der Waals surface area contributed by atoms with E-state index in [1.165, 1.54) is 25.7 Å². The summed E-state index contributed by atoms with van der Waals surface area (Å²) < 4.78 is 15.5. The maximum Gasteiger partial charge on any atom is 0.315 e. The maximum absolute atomic E-state index is 12.1. The molecule has 2 aromatic carbocycles. The Labute approximate surface area is 388 Å². The number of rotatable bonds is 14. The van der Waals surface area contributed by atoms with Crippen molar-refractivity contribution in [2.24, 2.45) is 0 Å². The number of nitrogens with two attached hydrogens (primary N) is 1. The van der Waals surface area contributed by atoms with E-state index in [2.05, 4.69) is 85.3 Å². The van der Waals surface area contributed by atoms with E-state index >= 15 is 0 Å². The molecule has 4 aromatic heterocycles. The van der Waals surface area contributed by atoms with Gasteiger partial charge in [0.15, 0.2) is 0 Å². The number of halogens is 4. The fourth-order valence-electron chi connectivity index (χ4n) is 5.62. The molecule has 6 aromatic rings. The highest BCUT2D eigenvalue weighted by Gasteiger charge is 2.11. The minimum Gasteiger partial charge on any atom is -0.399 e. The molecule has 9 N–H and O–H groups in total. The van der Waals surface area contributed by atoms with Crippen molar-refractivity contribution in [3.8, 4) is 0 Å². The number of amides is 5. The highest BCUT2D eigenvalue weighted by atomic mass is 35.5. The van der Waals surface area contributed by atoms with Gasteiger partial charge >= 0.3 is 12.1 Å². The number of pyridine rings is 2. The summed E-state index contributed by atoms with van der Waals surface area (Å²) in [6.45, 7) is 18.0. The first kappa shape index (κ1) is 51.9. The number of nitrogens with one attached hydrogen (secondary N) is 7. The average Bonchev–Trinajstić information content (AvgIpc) is 3.89. The summed E-state index contributed by atoms with van der Waals surface area (Å²) in [5.41, 5.74) is 12.0. The van der Waals surface area contributed by atoms with E-state index in [4.69, 9.17) is 41.9 Å². The van der Waals surface area contributed by atoms with Crippen LogP contribution in [0.15, 0.2) is 111 Å². The van der Waals surface area contributed by atoms with Gasteiger partial charge in [-0.15, -0.1) is 0 Å². The first-order chi connectivity index (χ1) is 31.2. The Hall–Kier alpha value is -6.46. The van der Waals surface area contributed by atoms with Crippen LogP contribution in [-0.2, 0) is 35.8 Å². The van der Waals surface area contributed by atoms with E-state index in [-0.39, 0.29) is 18.0 Å². The van der Waals surface area contributed by atoms with Crippen LogP contribution < -0.4 is 32.3 Å². The van der Waals surface area contributed by atoms with Crippen molar-refractivity contribution < 1.29 is 24.9 Å². The number of urea groups is 2. The van der Waals surface area contributed by atoms with Crippen molar-refractivity contribution in [1.29, 1.82) is 0 Å². The molecule has 0 saturated carbocycles. The highest BCUT2D eigenvalue weighted by Crippen LogP contribution is 2.26. The third kappa shape index (κ3) is 18.9. The normalized spacial score (nSPS) is 10.2. The largest absolute Gasteiger partial charge is 0.399 e. The Morgan fingerprint density at radius 1 is 0.750 bits per heavy atom. The third-order valence-electron chi connectivity index (χ3n) is 8.84. The van der Waals surface area contributed by atoms with E-state index in [0.29, 0.717) is 58.9 Å². The van der Waals surface area contributed by atoms with Crippen LogP contribution in [-0.4, -0.2) is 74.8 Å². The first-order valence-corrected chi connectivity index (χ1v) is 20.9. The Bertz CT molecular complexity index is 2440. The van der Waals surface area contributed by atoms with Gasteiger partial charge in [0.2, 0.25) is 11.1 Å². The van der Waals surface area contributed by atoms with Gasteiger partial charge in [0, 0.05) is 73.1 Å². The molecule has 0 aliphatic heterocycles. The number of carbonyl (C=O) groups is 4. The van der Waals surface area contributed by atoms with Crippen molar-refractivity contribution in [2.45, 2.75) is 47.0 Å². The first-order valence-electron chi connectivity index (χ1n) is 20.4. The fraction of sp³-hybridized carbons (Fsp3) is 0.244. The number of anilines is 2. The Morgan fingerprint density at radius 3 is 1.59 bits per heavy atom. The molecule has 0 fully saturated rings. The quantitative estimate of drug-likeness (QED) is 0.0299. The highest BCUT2D eigenvalue weighted by molar-refractivity contribution is 6.66. The molecule has 0 unspecified atom stereocenters. The fourth-order valence-corrected chi connectivity index (χ4v) is 6.16. The average molecular weight is 940 g/mol. The molecule has 0 aliphatic carbocycles. The lowest BCUT2D eigenvalue weighted by atomic mass is 10.2. The van der Waals surface area contributed by atoms with Gasteiger partial charge in [-0.2, -0.15) is 0 Å². The second kappa shape index (κ2) is 29.8. The van der Waals surface area contributed by atoms with Crippen LogP contribution in [0.2, 0.25) is 10.0 Å². The van der Waals surface area contributed by atoms with Crippen LogP contribution in [0.5, 0.6) is 0 Å². The zero-order valence-electron chi connectivity index (χ0n) is 36.9. The van der Waals surface area contributed by atoms with Crippen LogP contribution in [0.4, 0.5) is 25.4 Å². The van der Waals surface area contributed by atoms with Crippen molar-refractivity contribution >= 4 is 91.5 Å². The minimum atomic E-state index is -1.00. The van der Waals surface area contributed by atoms with E-state index in [9.17, 15) is 23.6 Å². The van der Waals surface area contributed by atoms with Gasteiger partial charge in [-0.25, -0.2) is 19.6 Å². The number of benzene rings is 2. The number of hydrogen-bond acceptors (Lipinski definition) is 8. The molecule has 0 saturated heterocycles. The van der Waals surface area contributed by atoms with E-state index < -0.39 is 12.4 Å². The summed E-state index contributed by atoms with van der Waals surface area (Å²) in [7, 11) is -1.00. The molecule has 5 amide bonds. The number of allylic oxidation sites excluding steroid dienone is 1. The van der Waals surface area contributed by atoms with Gasteiger partial charge in [0.25, 0.3) is 0 Å². The number of aromatic nitrogens is 4. The molecule has 0 spiro atoms. The molecule has 15 nitrogen and oxygen atoms in total. The van der Waals surface area contributed by atoms with E-state index in [0.717, 1.165) is 39.1 Å². The second-order valence-electron chi connectivity index (χ2n) is 13.0. The molecule has 0 atom stereocenters. The molecule has 19 heteroatoms. The molecular weight excluding hydrogens is 884 g/mol. The number of alkyl halides is 1. The number of carbonyl (C=O) groups excluding carboxylic acids is 4. The zero-order chi connectivity index (χ0) is 48.1. The van der Waals surface area contributed by atoms with Crippen LogP contribution in [0.1, 0.15) is 44.4 Å². The molecule has 6 rings (SSSR count). The number of aromatic amines is 2. The smallest absolute Gasteiger partial charge is 0.315 e. The molecule has 4 heterocycles. The Kier molecular flexibility index (Phi) is 24.1. The van der Waals surface area contributed by atoms with E-state index in [1.54, 1.807) is 49.1 Å². The summed E-state index contributed by atoms with van der Waals surface area (Å²) in [6.07, 6.45) is 8.93. The van der Waals surface area contributed by atoms with Gasteiger partial charge in [-0.1, -0.05) is 81.4 Å². The number of hydrogen-bond donors (Lipinski definition) is 8. The van der Waals surface area contributed by atoms with E-state index in [1.807, 2.05) is 36.4 Å². The van der Waals surface area contributed by atoms with Crippen molar-refractivity contribution in [3.63, 3.8) is 0 Å². The molecule has 342 valence electrons. The third-order valence-corrected chi connectivity index (χ3v) is 9.59. The lowest BCUT2D eigenvalue weighted by molar-refractivity contribution is -0.112. The number of fused-ring (bicyclic) bond motifs is 2. The summed E-state index contributed by atoms with van der Waals surface area (Å²) in [5, 5.41) is 16.1. The molecular formula is C45H55Cl3FN11O4. The monoisotopic (exact) mass is 938 g/mol. The van der Waals surface area contributed by atoms with Gasteiger partial charge < -0.3 is 47.2 Å². The van der Waals surface area contributed by atoms with Crippen LogP contribution in [0, 0.1) is 0 Å². The summed E-state index contributed by atoms with van der Waals surface area (Å²) in [5.74, 6) is -0.287. The summed E-state index contributed by atoms with van der Waals surface area (Å²) >= 11 is 17.0. The molecule has 0 radical (unpaired) electrons. The van der Waals surface area contributed by atoms with Crippen LogP contribution in [0.25, 0.3) is 22.1 Å². The molecule has 0 bridgehead atoms. The van der Waals surface area contributed by atoms with Crippen LogP contribution in [0.3, 0.4) is 0 Å². The Balaban J connectivity index is 0.000000343. The van der Waals surface area contributed by atoms with Crippen molar-refractivity contribution in [3.05, 3.63) is 143 Å². The van der Waals surface area contributed by atoms with Crippen molar-refractivity contribution in [1.82, 2.24) is 46.1 Å². The van der Waals surface area contributed by atoms with Gasteiger partial charge in [0.1, 0.15) is 11.3 Å². The second-order valence-corrected chi connectivity index (χ2v) is 14.2. The predicted octanol–water partition coefficient (Wildman–Crippen LogP) is 9.01. The number of nitrogen functional groups attached to an aromatic ring is 1. The minimum absolute atomic E-state index is 0.260. The summed E-state index contributed by atoms with van der Waals surface area (Å²) in [6, 6.07) is 17.7. The molecule has 64 heavy (non-hydrogen) atoms. The lowest BCUT2D eigenvalue weighted by Gasteiger charge is -2.13.